The van der Waals surface area contributed by atoms with Crippen molar-refractivity contribution < 1.29 is 24.2 Å². The van der Waals surface area contributed by atoms with Crippen LogP contribution in [-0.2, 0) is 9.59 Å². The number of aliphatic hydroxyl groups excluding tert-OH is 1. The first-order valence-corrected chi connectivity index (χ1v) is 10.9. The Bertz CT molecular complexity index is 1320. The summed E-state index contributed by atoms with van der Waals surface area (Å²) in [6.45, 7) is 3.77. The lowest BCUT2D eigenvalue weighted by Gasteiger charge is -2.27. The van der Waals surface area contributed by atoms with Crippen molar-refractivity contribution in [3.8, 4) is 11.5 Å². The second-order valence-corrected chi connectivity index (χ2v) is 8.34. The molecular weight excluding hydrogens is 456 g/mol. The third kappa shape index (κ3) is 3.88. The van der Waals surface area contributed by atoms with Crippen LogP contribution in [0.1, 0.15) is 28.3 Å². The molecule has 7 nitrogen and oxygen atoms in total. The second kappa shape index (κ2) is 9.19. The van der Waals surface area contributed by atoms with Gasteiger partial charge in [-0.3, -0.25) is 19.5 Å². The molecule has 1 unspecified atom stereocenters. The van der Waals surface area contributed by atoms with Crippen LogP contribution in [0.4, 0.5) is 5.69 Å². The number of aryl methyl sites for hydroxylation is 2. The molecule has 0 saturated carbocycles. The molecule has 174 valence electrons. The molecule has 1 saturated heterocycles. The van der Waals surface area contributed by atoms with Crippen LogP contribution in [-0.4, -0.2) is 36.0 Å². The van der Waals surface area contributed by atoms with E-state index < -0.39 is 23.5 Å². The van der Waals surface area contributed by atoms with E-state index in [2.05, 4.69) is 4.98 Å². The largest absolute Gasteiger partial charge is 0.507 e. The van der Waals surface area contributed by atoms with E-state index in [0.29, 0.717) is 11.3 Å². The number of methoxy groups -OCH3 is 2. The lowest BCUT2D eigenvalue weighted by molar-refractivity contribution is -0.132. The molecule has 3 aromatic rings. The summed E-state index contributed by atoms with van der Waals surface area (Å²) in [6.07, 6.45) is 3.17. The predicted molar refractivity (Wildman–Crippen MR) is 129 cm³/mol. The Hall–Kier alpha value is -3.84. The lowest BCUT2D eigenvalue weighted by Crippen LogP contribution is -2.30. The number of amides is 1. The SMILES string of the molecule is COc1cc(/C(O)=C2\C(=O)C(=O)N(c3cc(C)ccc3C)C2c2cccnc2)c(OC)cc1Cl. The second-order valence-electron chi connectivity index (χ2n) is 7.93. The molecule has 1 fully saturated rings. The first-order chi connectivity index (χ1) is 16.3. The minimum absolute atomic E-state index is 0.0819. The van der Waals surface area contributed by atoms with E-state index in [1.807, 2.05) is 32.0 Å². The fraction of sp³-hybridized carbons (Fsp3) is 0.192. The van der Waals surface area contributed by atoms with Gasteiger partial charge < -0.3 is 14.6 Å². The van der Waals surface area contributed by atoms with Gasteiger partial charge in [0.05, 0.1) is 36.4 Å². The Morgan fingerprint density at radius 2 is 1.79 bits per heavy atom. The minimum atomic E-state index is -0.902. The van der Waals surface area contributed by atoms with Crippen molar-refractivity contribution in [3.63, 3.8) is 0 Å². The van der Waals surface area contributed by atoms with Crippen LogP contribution < -0.4 is 14.4 Å². The first-order valence-electron chi connectivity index (χ1n) is 10.5. The van der Waals surface area contributed by atoms with Crippen LogP contribution in [0, 0.1) is 13.8 Å². The quantitative estimate of drug-likeness (QED) is 0.315. The summed E-state index contributed by atoms with van der Waals surface area (Å²) in [4.78, 5) is 32.3. The number of benzene rings is 2. The summed E-state index contributed by atoms with van der Waals surface area (Å²) in [5.74, 6) is -1.45. The molecule has 0 spiro atoms. The number of anilines is 1. The highest BCUT2D eigenvalue weighted by molar-refractivity contribution is 6.51. The van der Waals surface area contributed by atoms with E-state index in [-0.39, 0.29) is 27.7 Å². The fourth-order valence-electron chi connectivity index (χ4n) is 4.10. The van der Waals surface area contributed by atoms with Crippen molar-refractivity contribution in [1.82, 2.24) is 4.98 Å². The maximum atomic E-state index is 13.4. The normalized spacial score (nSPS) is 17.2. The van der Waals surface area contributed by atoms with Gasteiger partial charge in [0, 0.05) is 24.1 Å². The van der Waals surface area contributed by atoms with Crippen LogP contribution in [0.25, 0.3) is 5.76 Å². The molecule has 1 amide bonds. The number of Topliss-reactive ketones (excluding diaryl/α,β-unsaturated/α-hetero) is 1. The summed E-state index contributed by atoms with van der Waals surface area (Å²) in [6, 6.07) is 11.2. The van der Waals surface area contributed by atoms with Gasteiger partial charge in [0.1, 0.15) is 17.3 Å². The van der Waals surface area contributed by atoms with Crippen molar-refractivity contribution in [2.45, 2.75) is 19.9 Å². The van der Waals surface area contributed by atoms with Crippen LogP contribution >= 0.6 is 11.6 Å². The molecule has 0 aliphatic carbocycles. The van der Waals surface area contributed by atoms with E-state index in [4.69, 9.17) is 21.1 Å². The average Bonchev–Trinajstić information content (AvgIpc) is 3.10. The van der Waals surface area contributed by atoms with Gasteiger partial charge in [-0.05, 0) is 48.7 Å². The Morgan fingerprint density at radius 1 is 1.06 bits per heavy atom. The molecule has 8 heteroatoms. The number of carbonyl (C=O) groups excluding carboxylic acids is 2. The zero-order valence-corrected chi connectivity index (χ0v) is 19.9. The molecule has 1 aliphatic rings. The van der Waals surface area contributed by atoms with Crippen LogP contribution in [0.2, 0.25) is 5.02 Å². The van der Waals surface area contributed by atoms with Crippen molar-refractivity contribution in [2.75, 3.05) is 19.1 Å². The van der Waals surface area contributed by atoms with E-state index >= 15 is 0 Å². The molecule has 1 N–H and O–H groups in total. The average molecular weight is 479 g/mol. The zero-order valence-electron chi connectivity index (χ0n) is 19.1. The van der Waals surface area contributed by atoms with E-state index in [9.17, 15) is 14.7 Å². The number of rotatable bonds is 5. The summed E-state index contributed by atoms with van der Waals surface area (Å²) in [5, 5.41) is 11.7. The molecule has 4 rings (SSSR count). The number of hydrogen-bond acceptors (Lipinski definition) is 6. The fourth-order valence-corrected chi connectivity index (χ4v) is 4.33. The Kier molecular flexibility index (Phi) is 6.30. The van der Waals surface area contributed by atoms with Crippen molar-refractivity contribution >= 4 is 34.7 Å². The van der Waals surface area contributed by atoms with Gasteiger partial charge in [-0.1, -0.05) is 29.8 Å². The lowest BCUT2D eigenvalue weighted by atomic mass is 9.95. The van der Waals surface area contributed by atoms with E-state index in [0.717, 1.165) is 11.1 Å². The predicted octanol–water partition coefficient (Wildman–Crippen LogP) is 5.00. The monoisotopic (exact) mass is 478 g/mol. The van der Waals surface area contributed by atoms with E-state index in [1.54, 1.807) is 24.5 Å². The third-order valence-corrected chi connectivity index (χ3v) is 6.09. The van der Waals surface area contributed by atoms with Gasteiger partial charge in [0.25, 0.3) is 11.7 Å². The topological polar surface area (TPSA) is 89.0 Å². The van der Waals surface area contributed by atoms with Gasteiger partial charge in [-0.2, -0.15) is 0 Å². The Balaban J connectivity index is 2.02. The van der Waals surface area contributed by atoms with Crippen molar-refractivity contribution in [2.24, 2.45) is 0 Å². The number of halogens is 1. The number of ketones is 1. The summed E-state index contributed by atoms with van der Waals surface area (Å²) < 4.78 is 10.7. The number of aromatic nitrogens is 1. The number of hydrogen-bond donors (Lipinski definition) is 1. The molecule has 2 aromatic carbocycles. The Morgan fingerprint density at radius 3 is 2.44 bits per heavy atom. The smallest absolute Gasteiger partial charge is 0.300 e. The zero-order chi connectivity index (χ0) is 24.6. The van der Waals surface area contributed by atoms with Gasteiger partial charge in [-0.25, -0.2) is 0 Å². The maximum Gasteiger partial charge on any atom is 0.300 e. The highest BCUT2D eigenvalue weighted by Gasteiger charge is 2.47. The van der Waals surface area contributed by atoms with Gasteiger partial charge in [0.15, 0.2) is 0 Å². The summed E-state index contributed by atoms with van der Waals surface area (Å²) in [5.41, 5.74) is 2.99. The third-order valence-electron chi connectivity index (χ3n) is 5.80. The number of nitrogens with zero attached hydrogens (tertiary/aromatic N) is 2. The van der Waals surface area contributed by atoms with Gasteiger partial charge in [-0.15, -0.1) is 0 Å². The molecule has 1 aliphatic heterocycles. The Labute approximate surface area is 202 Å². The van der Waals surface area contributed by atoms with Gasteiger partial charge >= 0.3 is 0 Å². The highest BCUT2D eigenvalue weighted by Crippen LogP contribution is 2.45. The van der Waals surface area contributed by atoms with Gasteiger partial charge in [0.2, 0.25) is 0 Å². The maximum absolute atomic E-state index is 13.4. The first kappa shape index (κ1) is 23.3. The minimum Gasteiger partial charge on any atom is -0.507 e. The molecular formula is C26H23ClN2O5. The van der Waals surface area contributed by atoms with Crippen molar-refractivity contribution in [1.29, 1.82) is 0 Å². The van der Waals surface area contributed by atoms with Crippen LogP contribution in [0.3, 0.4) is 0 Å². The van der Waals surface area contributed by atoms with Crippen LogP contribution in [0.15, 0.2) is 60.4 Å². The standard InChI is InChI=1S/C26H23ClN2O5/c1-14-7-8-15(2)19(10-14)29-23(16-6-5-9-28-13-16)22(25(31)26(29)32)24(30)17-11-21(34-4)18(27)12-20(17)33-3/h5-13,23,30H,1-4H3/b24-22+. The molecule has 0 radical (unpaired) electrons. The highest BCUT2D eigenvalue weighted by atomic mass is 35.5. The van der Waals surface area contributed by atoms with Crippen molar-refractivity contribution in [3.05, 3.63) is 87.7 Å². The molecule has 2 heterocycles. The van der Waals surface area contributed by atoms with E-state index in [1.165, 1.54) is 31.3 Å². The van der Waals surface area contributed by atoms with Crippen LogP contribution in [0.5, 0.6) is 11.5 Å². The number of carbonyl (C=O) groups is 2. The number of pyridine rings is 1. The summed E-state index contributed by atoms with van der Waals surface area (Å²) in [7, 11) is 2.86. The summed E-state index contributed by atoms with van der Waals surface area (Å²) >= 11 is 6.22. The number of ether oxygens (including phenoxy) is 2. The molecule has 0 bridgehead atoms. The molecule has 1 atom stereocenters. The molecule has 1 aromatic heterocycles. The number of aliphatic hydroxyl groups is 1. The molecule has 34 heavy (non-hydrogen) atoms.